The van der Waals surface area contributed by atoms with Crippen LogP contribution in [0.15, 0.2) is 42.5 Å². The Bertz CT molecular complexity index is 1080. The Balaban J connectivity index is 1.28. The van der Waals surface area contributed by atoms with Gasteiger partial charge in [0.15, 0.2) is 11.5 Å². The van der Waals surface area contributed by atoms with Gasteiger partial charge in [0.05, 0.1) is 0 Å². The molecule has 1 spiro atoms. The Morgan fingerprint density at radius 3 is 2.74 bits per heavy atom. The van der Waals surface area contributed by atoms with E-state index in [4.69, 9.17) is 9.47 Å². The van der Waals surface area contributed by atoms with E-state index in [0.29, 0.717) is 44.1 Å². The molecule has 1 N–H and O–H groups in total. The highest BCUT2D eigenvalue weighted by molar-refractivity contribution is 6.09. The van der Waals surface area contributed by atoms with Gasteiger partial charge in [-0.15, -0.1) is 0 Å². The van der Waals surface area contributed by atoms with Crippen molar-refractivity contribution in [1.82, 2.24) is 15.1 Å². The van der Waals surface area contributed by atoms with E-state index in [-0.39, 0.29) is 18.4 Å². The van der Waals surface area contributed by atoms with E-state index in [2.05, 4.69) is 5.32 Å². The Morgan fingerprint density at radius 1 is 1.13 bits per heavy atom. The average Bonchev–Trinajstić information content (AvgIpc) is 3.26. The summed E-state index contributed by atoms with van der Waals surface area (Å²) in [5.74, 6) is 0.663. The number of rotatable bonds is 4. The second kappa shape index (κ2) is 7.30. The molecule has 2 aromatic carbocycles. The van der Waals surface area contributed by atoms with Gasteiger partial charge in [0.1, 0.15) is 25.3 Å². The van der Waals surface area contributed by atoms with Crippen LogP contribution in [0.2, 0.25) is 0 Å². The summed E-state index contributed by atoms with van der Waals surface area (Å²) in [6, 6.07) is 12.6. The van der Waals surface area contributed by atoms with Crippen molar-refractivity contribution in [3.63, 3.8) is 0 Å². The van der Waals surface area contributed by atoms with Crippen LogP contribution in [-0.4, -0.2) is 54.5 Å². The molecule has 8 heteroatoms. The maximum Gasteiger partial charge on any atom is 0.325 e. The fourth-order valence-electron chi connectivity index (χ4n) is 4.54. The number of amides is 4. The molecule has 1 saturated heterocycles. The van der Waals surface area contributed by atoms with Gasteiger partial charge in [-0.1, -0.05) is 30.3 Å². The van der Waals surface area contributed by atoms with Crippen molar-refractivity contribution in [2.75, 3.05) is 26.8 Å². The largest absolute Gasteiger partial charge is 0.486 e. The van der Waals surface area contributed by atoms with E-state index in [9.17, 15) is 14.4 Å². The van der Waals surface area contributed by atoms with Gasteiger partial charge in [-0.2, -0.15) is 0 Å². The first-order chi connectivity index (χ1) is 15.0. The summed E-state index contributed by atoms with van der Waals surface area (Å²) >= 11 is 0. The van der Waals surface area contributed by atoms with Gasteiger partial charge in [-0.25, -0.2) is 4.79 Å². The predicted molar refractivity (Wildman–Crippen MR) is 111 cm³/mol. The van der Waals surface area contributed by atoms with Gasteiger partial charge in [-0.05, 0) is 41.7 Å². The lowest BCUT2D eigenvalue weighted by molar-refractivity contribution is -0.138. The summed E-state index contributed by atoms with van der Waals surface area (Å²) in [4.78, 5) is 41.2. The van der Waals surface area contributed by atoms with E-state index < -0.39 is 11.6 Å². The number of imide groups is 1. The van der Waals surface area contributed by atoms with E-state index in [1.165, 1.54) is 4.90 Å². The average molecular weight is 421 g/mol. The van der Waals surface area contributed by atoms with Crippen molar-refractivity contribution < 1.29 is 23.9 Å². The van der Waals surface area contributed by atoms with Gasteiger partial charge >= 0.3 is 6.03 Å². The third kappa shape index (κ3) is 3.19. The molecule has 0 radical (unpaired) electrons. The third-order valence-corrected chi connectivity index (χ3v) is 6.17. The quantitative estimate of drug-likeness (QED) is 0.761. The number of urea groups is 1. The maximum absolute atomic E-state index is 13.2. The SMILES string of the molecule is CN(Cc1ccc2c(c1)OCCO2)C(=O)CN1C(=O)N[C@@]2(CCc3ccccc32)C1=O. The standard InChI is InChI=1S/C23H23N3O5/c1-25(13-15-6-7-18-19(12-15)31-11-10-30-18)20(27)14-26-21(28)23(24-22(26)29)9-8-16-4-2-3-5-17(16)23/h2-7,12H,8-11,13-14H2,1H3,(H,24,29)/t23-/m1/s1. The number of carbonyl (C=O) groups is 3. The van der Waals surface area contributed by atoms with Gasteiger partial charge in [0, 0.05) is 13.6 Å². The molecule has 1 atom stereocenters. The van der Waals surface area contributed by atoms with Crippen molar-refractivity contribution in [3.8, 4) is 11.5 Å². The molecule has 0 unspecified atom stereocenters. The lowest BCUT2D eigenvalue weighted by Crippen LogP contribution is -2.44. The van der Waals surface area contributed by atoms with E-state index >= 15 is 0 Å². The van der Waals surface area contributed by atoms with Crippen LogP contribution in [0.4, 0.5) is 4.79 Å². The van der Waals surface area contributed by atoms with Crippen LogP contribution in [0, 0.1) is 0 Å². The van der Waals surface area contributed by atoms with Crippen LogP contribution >= 0.6 is 0 Å². The summed E-state index contributed by atoms with van der Waals surface area (Å²) in [6.45, 7) is 1.04. The van der Waals surface area contributed by atoms with Crippen LogP contribution < -0.4 is 14.8 Å². The van der Waals surface area contributed by atoms with E-state index in [1.54, 1.807) is 7.05 Å². The zero-order valence-corrected chi connectivity index (χ0v) is 17.2. The van der Waals surface area contributed by atoms with Crippen LogP contribution in [-0.2, 0) is 28.1 Å². The van der Waals surface area contributed by atoms with Gasteiger partial charge in [0.2, 0.25) is 5.91 Å². The van der Waals surface area contributed by atoms with Crippen molar-refractivity contribution in [1.29, 1.82) is 0 Å². The summed E-state index contributed by atoms with van der Waals surface area (Å²) in [6.07, 6.45) is 1.22. The number of fused-ring (bicyclic) bond motifs is 3. The normalized spacial score (nSPS) is 21.3. The molecule has 1 fully saturated rings. The molecule has 5 rings (SSSR count). The first-order valence-electron chi connectivity index (χ1n) is 10.3. The number of ether oxygens (including phenoxy) is 2. The smallest absolute Gasteiger partial charge is 0.325 e. The number of likely N-dealkylation sites (N-methyl/N-ethyl adjacent to an activating group) is 1. The highest BCUT2D eigenvalue weighted by atomic mass is 16.6. The molecule has 2 aromatic rings. The first-order valence-corrected chi connectivity index (χ1v) is 10.3. The Labute approximate surface area is 179 Å². The third-order valence-electron chi connectivity index (χ3n) is 6.17. The van der Waals surface area contributed by atoms with Crippen LogP contribution in [0.5, 0.6) is 11.5 Å². The molecule has 4 amide bonds. The molecular weight excluding hydrogens is 398 g/mol. The second-order valence-corrected chi connectivity index (χ2v) is 8.11. The zero-order valence-electron chi connectivity index (χ0n) is 17.2. The number of aryl methyl sites for hydroxylation is 1. The maximum atomic E-state index is 13.2. The minimum atomic E-state index is -1.05. The molecule has 1 aliphatic carbocycles. The van der Waals surface area contributed by atoms with E-state index in [1.807, 2.05) is 42.5 Å². The molecule has 0 aromatic heterocycles. The Kier molecular flexibility index (Phi) is 4.57. The highest BCUT2D eigenvalue weighted by Gasteiger charge is 2.55. The molecule has 0 saturated carbocycles. The van der Waals surface area contributed by atoms with Gasteiger partial charge in [0.25, 0.3) is 5.91 Å². The van der Waals surface area contributed by atoms with Gasteiger partial charge in [-0.3, -0.25) is 14.5 Å². The van der Waals surface area contributed by atoms with Crippen LogP contribution in [0.25, 0.3) is 0 Å². The predicted octanol–water partition coefficient (Wildman–Crippen LogP) is 1.81. The molecule has 8 nitrogen and oxygen atoms in total. The summed E-state index contributed by atoms with van der Waals surface area (Å²) in [5.41, 5.74) is 1.70. The number of hydrogen-bond donors (Lipinski definition) is 1. The Morgan fingerprint density at radius 2 is 1.90 bits per heavy atom. The van der Waals surface area contributed by atoms with Gasteiger partial charge < -0.3 is 19.7 Å². The monoisotopic (exact) mass is 421 g/mol. The molecule has 31 heavy (non-hydrogen) atoms. The summed E-state index contributed by atoms with van der Waals surface area (Å²) in [7, 11) is 1.65. The minimum absolute atomic E-state index is 0.296. The summed E-state index contributed by atoms with van der Waals surface area (Å²) in [5, 5.41) is 2.85. The molecule has 160 valence electrons. The lowest BCUT2D eigenvalue weighted by Gasteiger charge is -2.24. The second-order valence-electron chi connectivity index (χ2n) is 8.11. The molecule has 2 heterocycles. The van der Waals surface area contributed by atoms with Crippen LogP contribution in [0.3, 0.4) is 0 Å². The zero-order chi connectivity index (χ0) is 21.6. The van der Waals surface area contributed by atoms with Crippen molar-refractivity contribution >= 4 is 17.8 Å². The molecule has 2 aliphatic heterocycles. The fourth-order valence-corrected chi connectivity index (χ4v) is 4.54. The Hall–Kier alpha value is -3.55. The molecule has 3 aliphatic rings. The van der Waals surface area contributed by atoms with E-state index in [0.717, 1.165) is 21.6 Å². The lowest BCUT2D eigenvalue weighted by atomic mass is 9.92. The molecular formula is C23H23N3O5. The number of benzene rings is 2. The molecule has 0 bridgehead atoms. The minimum Gasteiger partial charge on any atom is -0.486 e. The topological polar surface area (TPSA) is 88.2 Å². The van der Waals surface area contributed by atoms with Crippen LogP contribution in [0.1, 0.15) is 23.1 Å². The number of carbonyl (C=O) groups excluding carboxylic acids is 3. The number of hydrogen-bond acceptors (Lipinski definition) is 5. The highest BCUT2D eigenvalue weighted by Crippen LogP contribution is 2.41. The first kappa shape index (κ1) is 19.4. The number of nitrogens with one attached hydrogen (secondary N) is 1. The fraction of sp³-hybridized carbons (Fsp3) is 0.348. The summed E-state index contributed by atoms with van der Waals surface area (Å²) < 4.78 is 11.1. The van der Waals surface area contributed by atoms with Crippen molar-refractivity contribution in [2.24, 2.45) is 0 Å². The van der Waals surface area contributed by atoms with Crippen molar-refractivity contribution in [2.45, 2.75) is 24.9 Å². The number of nitrogens with zero attached hydrogens (tertiary/aromatic N) is 2. The van der Waals surface area contributed by atoms with Crippen molar-refractivity contribution in [3.05, 3.63) is 59.2 Å².